The van der Waals surface area contributed by atoms with Gasteiger partial charge in [0.2, 0.25) is 0 Å². The van der Waals surface area contributed by atoms with Crippen molar-refractivity contribution in [2.24, 2.45) is 5.84 Å². The lowest BCUT2D eigenvalue weighted by molar-refractivity contribution is 0.0981. The van der Waals surface area contributed by atoms with Crippen LogP contribution in [0.3, 0.4) is 0 Å². The van der Waals surface area contributed by atoms with E-state index in [1.165, 1.54) is 9.64 Å². The molecule has 0 atom stereocenters. The largest absolute Gasteiger partial charge is 0.292 e. The molecule has 0 bridgehead atoms. The molecule has 3 N–H and O–H groups in total. The highest BCUT2D eigenvalue weighted by molar-refractivity contribution is 7.77. The van der Waals surface area contributed by atoms with Gasteiger partial charge in [-0.2, -0.15) is 0 Å². The number of rotatable bonds is 0. The number of thiol groups is 1. The van der Waals surface area contributed by atoms with Gasteiger partial charge < -0.3 is 0 Å². The van der Waals surface area contributed by atoms with Crippen LogP contribution in [-0.4, -0.2) is 9.64 Å². The van der Waals surface area contributed by atoms with Gasteiger partial charge in [0.1, 0.15) is 0 Å². The highest BCUT2D eigenvalue weighted by Gasteiger charge is 2.03. The fraction of sp³-hybridized carbons (Fsp3) is 0. The van der Waals surface area contributed by atoms with E-state index in [2.05, 4.69) is 18.2 Å². The zero-order chi connectivity index (χ0) is 5.28. The number of hydrogen-bond acceptors (Lipinski definition) is 5. The van der Waals surface area contributed by atoms with Crippen LogP contribution in [0, 0.1) is 0 Å². The van der Waals surface area contributed by atoms with Crippen molar-refractivity contribution in [3.05, 3.63) is 12.4 Å². The Morgan fingerprint density at radius 1 is 1.71 bits per heavy atom. The van der Waals surface area contributed by atoms with Crippen molar-refractivity contribution < 1.29 is 0 Å². The number of hydrogen-bond donors (Lipinski definition) is 3. The Kier molecular flexibility index (Phi) is 1.09. The summed E-state index contributed by atoms with van der Waals surface area (Å²) in [5, 5.41) is 1.24. The Bertz CT molecular complexity index is 91.7. The number of hydrazine groups is 3. The van der Waals surface area contributed by atoms with Crippen molar-refractivity contribution in [3.63, 3.8) is 0 Å². The molecule has 0 radical (unpaired) electrons. The summed E-state index contributed by atoms with van der Waals surface area (Å²) < 4.78 is 1.42. The smallest absolute Gasteiger partial charge is 0.0490 e. The lowest BCUT2D eigenvalue weighted by atomic mass is 11.0. The van der Waals surface area contributed by atoms with E-state index in [0.29, 0.717) is 0 Å². The van der Waals surface area contributed by atoms with Gasteiger partial charge in [-0.05, 0) is 12.8 Å². The third-order valence-corrected chi connectivity index (χ3v) is 0.961. The molecule has 0 unspecified atom stereocenters. The molecular weight excluding hydrogens is 112 g/mol. The van der Waals surface area contributed by atoms with Crippen LogP contribution in [0.15, 0.2) is 12.4 Å². The zero-order valence-electron chi connectivity index (χ0n) is 3.57. The minimum Gasteiger partial charge on any atom is -0.292 e. The molecule has 0 aromatic heterocycles. The van der Waals surface area contributed by atoms with E-state index < -0.39 is 0 Å². The molecule has 0 saturated heterocycles. The molecule has 7 heavy (non-hydrogen) atoms. The minimum atomic E-state index is 1.24. The van der Waals surface area contributed by atoms with Gasteiger partial charge in [-0.3, -0.25) is 5.43 Å². The summed E-state index contributed by atoms with van der Waals surface area (Å²) in [7, 11) is 0. The van der Waals surface area contributed by atoms with Crippen molar-refractivity contribution in [2.75, 3.05) is 0 Å². The minimum absolute atomic E-state index is 1.24. The first-order valence-electron chi connectivity index (χ1n) is 1.76. The van der Waals surface area contributed by atoms with Crippen LogP contribution in [0.4, 0.5) is 0 Å². The van der Waals surface area contributed by atoms with E-state index in [-0.39, 0.29) is 0 Å². The second-order valence-electron chi connectivity index (χ2n) is 1.11. The Hall–Kier alpha value is -0.390. The van der Waals surface area contributed by atoms with Crippen molar-refractivity contribution in [2.45, 2.75) is 0 Å². The van der Waals surface area contributed by atoms with Gasteiger partial charge in [0.25, 0.3) is 0 Å². The van der Waals surface area contributed by atoms with E-state index >= 15 is 0 Å². The second-order valence-corrected chi connectivity index (χ2v) is 1.52. The maximum atomic E-state index is 5.19. The predicted molar refractivity (Wildman–Crippen MR) is 29.1 cm³/mol. The molecule has 0 aromatic carbocycles. The molecule has 1 heterocycles. The van der Waals surface area contributed by atoms with Crippen molar-refractivity contribution in [3.8, 4) is 0 Å². The molecule has 0 fully saturated rings. The molecule has 1 aliphatic rings. The van der Waals surface area contributed by atoms with Crippen LogP contribution in [0.2, 0.25) is 0 Å². The first-order chi connectivity index (χ1) is 3.30. The topological polar surface area (TPSA) is 44.5 Å². The summed E-state index contributed by atoms with van der Waals surface area (Å²) >= 11 is 3.87. The first-order valence-corrected chi connectivity index (χ1v) is 2.16. The van der Waals surface area contributed by atoms with Crippen LogP contribution in [0.25, 0.3) is 0 Å². The summed E-state index contributed by atoms with van der Waals surface area (Å²) in [5.74, 6) is 5.19. The van der Waals surface area contributed by atoms with Crippen molar-refractivity contribution in [1.82, 2.24) is 15.1 Å². The van der Waals surface area contributed by atoms with Gasteiger partial charge in [0.05, 0.1) is 0 Å². The normalized spacial score (nSPS) is 20.6. The summed E-state index contributed by atoms with van der Waals surface area (Å²) in [6.07, 6.45) is 3.36. The Morgan fingerprint density at radius 2 is 2.43 bits per heavy atom. The number of nitrogens with zero attached hydrogens (tertiary/aromatic N) is 2. The molecule has 4 nitrogen and oxygen atoms in total. The van der Waals surface area contributed by atoms with Crippen LogP contribution in [0.1, 0.15) is 0 Å². The standard InChI is InChI=1S/C2H6N4S/c3-6-4-1-2-5(6)7/h1-2,4,7H,3H2. The van der Waals surface area contributed by atoms with Gasteiger partial charge in [-0.15, -0.1) is 0 Å². The number of nitrogens with one attached hydrogen (secondary N) is 1. The third-order valence-electron chi connectivity index (χ3n) is 0.635. The van der Waals surface area contributed by atoms with Gasteiger partial charge in [-0.1, -0.05) is 5.23 Å². The molecule has 1 aliphatic heterocycles. The van der Waals surface area contributed by atoms with Crippen molar-refractivity contribution >= 4 is 12.8 Å². The first kappa shape index (κ1) is 4.76. The maximum absolute atomic E-state index is 5.19. The lowest BCUT2D eigenvalue weighted by Crippen LogP contribution is -2.42. The SMILES string of the molecule is NN1NC=CN1S. The summed E-state index contributed by atoms with van der Waals surface area (Å²) in [6.45, 7) is 0. The third kappa shape index (κ3) is 0.792. The van der Waals surface area contributed by atoms with Crippen LogP contribution >= 0.6 is 12.8 Å². The van der Waals surface area contributed by atoms with Crippen LogP contribution in [-0.2, 0) is 0 Å². The molecule has 0 spiro atoms. The summed E-state index contributed by atoms with van der Waals surface area (Å²) in [6, 6.07) is 0. The molecular formula is C2H6N4S. The second kappa shape index (κ2) is 1.61. The highest BCUT2D eigenvalue weighted by Crippen LogP contribution is 1.98. The molecule has 40 valence electrons. The van der Waals surface area contributed by atoms with E-state index in [0.717, 1.165) is 0 Å². The van der Waals surface area contributed by atoms with Gasteiger partial charge in [-0.25, -0.2) is 10.3 Å². The maximum Gasteiger partial charge on any atom is 0.0490 e. The fourth-order valence-corrected chi connectivity index (χ4v) is 0.426. The average Bonchev–Trinajstić information content (AvgIpc) is 1.91. The molecule has 0 aromatic rings. The van der Waals surface area contributed by atoms with E-state index in [1.54, 1.807) is 12.4 Å². The molecule has 1 rings (SSSR count). The molecule has 5 heteroatoms. The molecule has 0 saturated carbocycles. The number of nitrogens with two attached hydrogens (primary N) is 1. The van der Waals surface area contributed by atoms with Crippen molar-refractivity contribution in [1.29, 1.82) is 0 Å². The Balaban J connectivity index is 2.45. The molecule has 0 amide bonds. The monoisotopic (exact) mass is 118 g/mol. The van der Waals surface area contributed by atoms with E-state index in [1.807, 2.05) is 0 Å². The lowest BCUT2D eigenvalue weighted by Gasteiger charge is -2.15. The fourth-order valence-electron chi connectivity index (χ4n) is 0.307. The van der Waals surface area contributed by atoms with E-state index in [9.17, 15) is 0 Å². The van der Waals surface area contributed by atoms with Crippen LogP contribution < -0.4 is 11.3 Å². The van der Waals surface area contributed by atoms with Gasteiger partial charge in [0.15, 0.2) is 0 Å². The highest BCUT2D eigenvalue weighted by atomic mass is 32.1. The average molecular weight is 118 g/mol. The van der Waals surface area contributed by atoms with Gasteiger partial charge >= 0.3 is 0 Å². The van der Waals surface area contributed by atoms with E-state index in [4.69, 9.17) is 5.84 Å². The predicted octanol–water partition coefficient (Wildman–Crippen LogP) is -0.787. The summed E-state index contributed by atoms with van der Waals surface area (Å²) in [5.41, 5.74) is 2.65. The summed E-state index contributed by atoms with van der Waals surface area (Å²) in [4.78, 5) is 0. The van der Waals surface area contributed by atoms with Gasteiger partial charge in [0, 0.05) is 12.4 Å². The Labute approximate surface area is 47.0 Å². The van der Waals surface area contributed by atoms with Crippen LogP contribution in [0.5, 0.6) is 0 Å². The molecule has 0 aliphatic carbocycles. The zero-order valence-corrected chi connectivity index (χ0v) is 4.47. The quantitative estimate of drug-likeness (QED) is 0.288. The Morgan fingerprint density at radius 3 is 2.57 bits per heavy atom.